The number of hydrogen-bond acceptors (Lipinski definition) is 2. The SMILES string of the molecule is O=C(c1c(F)cccc1Cl)N1CCO[C@@H]2CCCC[C@H]21. The molecule has 108 valence electrons. The lowest BCUT2D eigenvalue weighted by molar-refractivity contribution is -0.0753. The molecule has 0 radical (unpaired) electrons. The summed E-state index contributed by atoms with van der Waals surface area (Å²) in [6, 6.07) is 4.40. The van der Waals surface area contributed by atoms with Gasteiger partial charge in [0.2, 0.25) is 0 Å². The molecule has 20 heavy (non-hydrogen) atoms. The summed E-state index contributed by atoms with van der Waals surface area (Å²) < 4.78 is 19.7. The number of nitrogens with zero attached hydrogens (tertiary/aromatic N) is 1. The van der Waals surface area contributed by atoms with Crippen molar-refractivity contribution in [3.8, 4) is 0 Å². The number of fused-ring (bicyclic) bond motifs is 1. The van der Waals surface area contributed by atoms with Crippen LogP contribution in [-0.4, -0.2) is 36.1 Å². The molecule has 3 nitrogen and oxygen atoms in total. The van der Waals surface area contributed by atoms with E-state index in [1.54, 1.807) is 11.0 Å². The van der Waals surface area contributed by atoms with Gasteiger partial charge in [0, 0.05) is 6.54 Å². The van der Waals surface area contributed by atoms with Gasteiger partial charge in [0.05, 0.1) is 29.3 Å². The van der Waals surface area contributed by atoms with Crippen molar-refractivity contribution in [2.45, 2.75) is 37.8 Å². The second kappa shape index (κ2) is 5.70. The molecule has 0 unspecified atom stereocenters. The zero-order valence-electron chi connectivity index (χ0n) is 11.1. The lowest BCUT2D eigenvalue weighted by Gasteiger charge is -2.43. The maximum atomic E-state index is 13.9. The van der Waals surface area contributed by atoms with Gasteiger partial charge in [-0.2, -0.15) is 0 Å². The molecule has 1 saturated carbocycles. The number of carbonyl (C=O) groups excluding carboxylic acids is 1. The molecule has 2 fully saturated rings. The Morgan fingerprint density at radius 2 is 2.15 bits per heavy atom. The van der Waals surface area contributed by atoms with Crippen LogP contribution in [0.15, 0.2) is 18.2 Å². The third-order valence-electron chi connectivity index (χ3n) is 4.17. The highest BCUT2D eigenvalue weighted by molar-refractivity contribution is 6.33. The summed E-state index contributed by atoms with van der Waals surface area (Å²) in [4.78, 5) is 14.4. The predicted molar refractivity (Wildman–Crippen MR) is 74.4 cm³/mol. The molecule has 5 heteroatoms. The molecule has 1 amide bonds. The topological polar surface area (TPSA) is 29.5 Å². The van der Waals surface area contributed by atoms with Crippen molar-refractivity contribution in [1.82, 2.24) is 4.90 Å². The first-order valence-corrected chi connectivity index (χ1v) is 7.43. The van der Waals surface area contributed by atoms with E-state index in [4.69, 9.17) is 16.3 Å². The zero-order chi connectivity index (χ0) is 14.1. The Labute approximate surface area is 122 Å². The van der Waals surface area contributed by atoms with Crippen molar-refractivity contribution in [2.24, 2.45) is 0 Å². The second-order valence-corrected chi connectivity index (χ2v) is 5.76. The maximum Gasteiger partial charge on any atom is 0.258 e. The van der Waals surface area contributed by atoms with Gasteiger partial charge in [0.15, 0.2) is 0 Å². The van der Waals surface area contributed by atoms with Crippen molar-refractivity contribution in [3.05, 3.63) is 34.6 Å². The van der Waals surface area contributed by atoms with Crippen LogP contribution in [0.1, 0.15) is 36.0 Å². The van der Waals surface area contributed by atoms with Crippen LogP contribution in [0.4, 0.5) is 4.39 Å². The molecule has 2 aliphatic rings. The Kier molecular flexibility index (Phi) is 3.94. The normalized spacial score (nSPS) is 26.2. The molecule has 1 aromatic rings. The van der Waals surface area contributed by atoms with Crippen molar-refractivity contribution < 1.29 is 13.9 Å². The van der Waals surface area contributed by atoms with Crippen LogP contribution in [0.3, 0.4) is 0 Å². The van der Waals surface area contributed by atoms with Gasteiger partial charge < -0.3 is 9.64 Å². The number of hydrogen-bond donors (Lipinski definition) is 0. The van der Waals surface area contributed by atoms with Gasteiger partial charge in [-0.1, -0.05) is 30.5 Å². The largest absolute Gasteiger partial charge is 0.374 e. The molecule has 3 rings (SSSR count). The maximum absolute atomic E-state index is 13.9. The van der Waals surface area contributed by atoms with Gasteiger partial charge in [-0.25, -0.2) is 4.39 Å². The van der Waals surface area contributed by atoms with E-state index in [2.05, 4.69) is 0 Å². The van der Waals surface area contributed by atoms with Gasteiger partial charge in [-0.15, -0.1) is 0 Å². The quantitative estimate of drug-likeness (QED) is 0.796. The predicted octanol–water partition coefficient (Wildman–Crippen LogP) is 3.26. The molecule has 0 N–H and O–H groups in total. The summed E-state index contributed by atoms with van der Waals surface area (Å²) in [5.41, 5.74) is -0.0135. The molecular weight excluding hydrogens is 281 g/mol. The number of halogens is 2. The molecule has 1 aliphatic carbocycles. The minimum atomic E-state index is -0.554. The van der Waals surface area contributed by atoms with Crippen LogP contribution in [0.5, 0.6) is 0 Å². The lowest BCUT2D eigenvalue weighted by atomic mass is 9.89. The first-order chi connectivity index (χ1) is 9.68. The van der Waals surface area contributed by atoms with Crippen LogP contribution in [0.2, 0.25) is 5.02 Å². The molecule has 0 spiro atoms. The summed E-state index contributed by atoms with van der Waals surface area (Å²) in [6.07, 6.45) is 4.19. The van der Waals surface area contributed by atoms with Crippen LogP contribution in [0.25, 0.3) is 0 Å². The number of morpholine rings is 1. The Hall–Kier alpha value is -1.13. The second-order valence-electron chi connectivity index (χ2n) is 5.36. The van der Waals surface area contributed by atoms with Crippen LogP contribution in [-0.2, 0) is 4.74 Å². The molecule has 1 aliphatic heterocycles. The Morgan fingerprint density at radius 3 is 2.95 bits per heavy atom. The van der Waals surface area contributed by atoms with E-state index < -0.39 is 5.82 Å². The first kappa shape index (κ1) is 13.8. The standard InChI is InChI=1S/C15H17ClFNO2/c16-10-4-3-5-11(17)14(10)15(19)18-8-9-20-13-7-2-1-6-12(13)18/h3-5,12-13H,1-2,6-9H2/t12-,13-/m1/s1. The summed E-state index contributed by atoms with van der Waals surface area (Å²) in [6.45, 7) is 1.02. The van der Waals surface area contributed by atoms with E-state index in [1.807, 2.05) is 0 Å². The average molecular weight is 298 g/mol. The van der Waals surface area contributed by atoms with Gasteiger partial charge in [-0.3, -0.25) is 4.79 Å². The van der Waals surface area contributed by atoms with E-state index in [1.165, 1.54) is 12.1 Å². The molecule has 2 atom stereocenters. The van der Waals surface area contributed by atoms with Crippen LogP contribution in [0, 0.1) is 5.82 Å². The molecule has 1 aromatic carbocycles. The molecular formula is C15H17ClFNO2. The summed E-state index contributed by atoms with van der Waals surface area (Å²) in [5.74, 6) is -0.866. The fraction of sp³-hybridized carbons (Fsp3) is 0.533. The van der Waals surface area contributed by atoms with Crippen molar-refractivity contribution in [1.29, 1.82) is 0 Å². The van der Waals surface area contributed by atoms with Crippen LogP contribution < -0.4 is 0 Å². The minimum Gasteiger partial charge on any atom is -0.374 e. The molecule has 0 aromatic heterocycles. The van der Waals surface area contributed by atoms with Gasteiger partial charge in [0.1, 0.15) is 5.82 Å². The Bertz CT molecular complexity index is 500. The fourth-order valence-corrected chi connectivity index (χ4v) is 3.44. The number of carbonyl (C=O) groups is 1. The Morgan fingerprint density at radius 1 is 1.35 bits per heavy atom. The van der Waals surface area contributed by atoms with Gasteiger partial charge >= 0.3 is 0 Å². The van der Waals surface area contributed by atoms with Gasteiger partial charge in [0.25, 0.3) is 5.91 Å². The number of ether oxygens (including phenoxy) is 1. The third kappa shape index (κ3) is 2.42. The lowest BCUT2D eigenvalue weighted by Crippen LogP contribution is -2.55. The highest BCUT2D eigenvalue weighted by Crippen LogP contribution is 2.31. The number of amides is 1. The Balaban J connectivity index is 1.89. The molecule has 0 bridgehead atoms. The van der Waals surface area contributed by atoms with E-state index in [0.717, 1.165) is 25.7 Å². The zero-order valence-corrected chi connectivity index (χ0v) is 11.9. The summed E-state index contributed by atoms with van der Waals surface area (Å²) in [7, 11) is 0. The average Bonchev–Trinajstić information content (AvgIpc) is 2.46. The minimum absolute atomic E-state index is 0.0135. The molecule has 1 heterocycles. The van der Waals surface area contributed by atoms with Crippen LogP contribution >= 0.6 is 11.6 Å². The monoisotopic (exact) mass is 297 g/mol. The highest BCUT2D eigenvalue weighted by atomic mass is 35.5. The summed E-state index contributed by atoms with van der Waals surface area (Å²) in [5, 5.41) is 0.175. The fourth-order valence-electron chi connectivity index (χ4n) is 3.19. The number of rotatable bonds is 1. The van der Waals surface area contributed by atoms with Crippen molar-refractivity contribution in [2.75, 3.05) is 13.2 Å². The third-order valence-corrected chi connectivity index (χ3v) is 4.48. The van der Waals surface area contributed by atoms with E-state index >= 15 is 0 Å². The smallest absolute Gasteiger partial charge is 0.258 e. The number of benzene rings is 1. The van der Waals surface area contributed by atoms with E-state index in [0.29, 0.717) is 13.2 Å². The van der Waals surface area contributed by atoms with E-state index in [-0.39, 0.29) is 28.6 Å². The van der Waals surface area contributed by atoms with E-state index in [9.17, 15) is 9.18 Å². The molecule has 1 saturated heterocycles. The van der Waals surface area contributed by atoms with Gasteiger partial charge in [-0.05, 0) is 25.0 Å². The first-order valence-electron chi connectivity index (χ1n) is 7.05. The van der Waals surface area contributed by atoms with Crippen molar-refractivity contribution >= 4 is 17.5 Å². The summed E-state index contributed by atoms with van der Waals surface area (Å²) >= 11 is 6.00. The highest BCUT2D eigenvalue weighted by Gasteiger charge is 2.38. The van der Waals surface area contributed by atoms with Crippen molar-refractivity contribution in [3.63, 3.8) is 0 Å².